The van der Waals surface area contributed by atoms with Gasteiger partial charge in [0.1, 0.15) is 5.01 Å². The number of nitrogens with zero attached hydrogens (tertiary/aromatic N) is 4. The van der Waals surface area contributed by atoms with Gasteiger partial charge in [-0.25, -0.2) is 9.98 Å². The van der Waals surface area contributed by atoms with Crippen molar-refractivity contribution in [3.8, 4) is 0 Å². The maximum Gasteiger partial charge on any atom is 0.194 e. The summed E-state index contributed by atoms with van der Waals surface area (Å²) in [6.45, 7) is 12.7. The molecule has 2 fully saturated rings. The molecule has 7 heteroatoms. The van der Waals surface area contributed by atoms with Gasteiger partial charge in [0, 0.05) is 30.6 Å². The zero-order valence-corrected chi connectivity index (χ0v) is 18.2. The molecular weight excluding hydrogens is 433 g/mol. The summed E-state index contributed by atoms with van der Waals surface area (Å²) >= 11 is 1.77. The van der Waals surface area contributed by atoms with Crippen LogP contribution in [0.4, 0.5) is 0 Å². The molecule has 1 aromatic rings. The van der Waals surface area contributed by atoms with E-state index in [0.717, 1.165) is 36.3 Å². The minimum atomic E-state index is 0. The molecule has 2 aliphatic heterocycles. The van der Waals surface area contributed by atoms with Gasteiger partial charge < -0.3 is 10.2 Å². The van der Waals surface area contributed by atoms with Crippen LogP contribution in [0.2, 0.25) is 0 Å². The van der Waals surface area contributed by atoms with E-state index in [0.29, 0.717) is 12.6 Å². The third-order valence-electron chi connectivity index (χ3n) is 4.89. The molecule has 2 aliphatic rings. The highest BCUT2D eigenvalue weighted by molar-refractivity contribution is 14.0. The molecule has 0 aliphatic carbocycles. The number of aliphatic imine (C=N–C) groups is 1. The lowest BCUT2D eigenvalue weighted by Crippen LogP contribution is -2.42. The first-order chi connectivity index (χ1) is 11.2. The normalized spacial score (nSPS) is 22.0. The second kappa shape index (κ2) is 9.33. The van der Waals surface area contributed by atoms with E-state index >= 15 is 0 Å². The minimum absolute atomic E-state index is 0. The third kappa shape index (κ3) is 4.82. The van der Waals surface area contributed by atoms with E-state index < -0.39 is 0 Å². The van der Waals surface area contributed by atoms with Gasteiger partial charge >= 0.3 is 0 Å². The number of likely N-dealkylation sites (tertiary alicyclic amines) is 2. The van der Waals surface area contributed by atoms with E-state index in [1.54, 1.807) is 11.3 Å². The Morgan fingerprint density at radius 3 is 2.67 bits per heavy atom. The molecule has 0 amide bonds. The zero-order chi connectivity index (χ0) is 16.2. The highest BCUT2D eigenvalue weighted by Gasteiger charge is 2.30. The number of thiazole rings is 1. The average molecular weight is 463 g/mol. The molecule has 5 nitrogen and oxygen atoms in total. The topological polar surface area (TPSA) is 43.8 Å². The van der Waals surface area contributed by atoms with Crippen molar-refractivity contribution < 1.29 is 0 Å². The average Bonchev–Trinajstić information content (AvgIpc) is 3.25. The van der Waals surface area contributed by atoms with Crippen LogP contribution < -0.4 is 5.32 Å². The number of hydrogen-bond acceptors (Lipinski definition) is 4. The van der Waals surface area contributed by atoms with Crippen LogP contribution in [0, 0.1) is 13.8 Å². The summed E-state index contributed by atoms with van der Waals surface area (Å²) in [7, 11) is 0. The number of halogens is 1. The number of guanidine groups is 1. The second-order valence-corrected chi connectivity index (χ2v) is 7.84. The van der Waals surface area contributed by atoms with Crippen molar-refractivity contribution in [1.29, 1.82) is 0 Å². The van der Waals surface area contributed by atoms with Gasteiger partial charge in [0.05, 0.1) is 12.2 Å². The minimum Gasteiger partial charge on any atom is -0.357 e. The van der Waals surface area contributed by atoms with E-state index in [9.17, 15) is 0 Å². The Bertz CT molecular complexity index is 534. The molecule has 1 N–H and O–H groups in total. The molecule has 1 aromatic heterocycles. The predicted molar refractivity (Wildman–Crippen MR) is 113 cm³/mol. The molecule has 0 bridgehead atoms. The summed E-state index contributed by atoms with van der Waals surface area (Å²) in [6.07, 6.45) is 4.00. The number of aromatic nitrogens is 1. The van der Waals surface area contributed by atoms with Crippen LogP contribution in [-0.4, -0.2) is 59.5 Å². The summed E-state index contributed by atoms with van der Waals surface area (Å²) in [5, 5.41) is 4.58. The lowest BCUT2D eigenvalue weighted by molar-refractivity contribution is 0.249. The fourth-order valence-electron chi connectivity index (χ4n) is 3.51. The summed E-state index contributed by atoms with van der Waals surface area (Å²) in [5.41, 5.74) is 1.14. The number of hydrogen-bond donors (Lipinski definition) is 1. The van der Waals surface area contributed by atoms with Crippen LogP contribution in [0.15, 0.2) is 4.99 Å². The first-order valence-electron chi connectivity index (χ1n) is 8.87. The van der Waals surface area contributed by atoms with E-state index in [1.165, 1.54) is 37.2 Å². The van der Waals surface area contributed by atoms with Crippen molar-refractivity contribution in [3.63, 3.8) is 0 Å². The molecule has 3 rings (SSSR count). The first-order valence-corrected chi connectivity index (χ1v) is 9.69. The third-order valence-corrected chi connectivity index (χ3v) is 5.95. The van der Waals surface area contributed by atoms with Crippen molar-refractivity contribution in [3.05, 3.63) is 15.6 Å². The monoisotopic (exact) mass is 463 g/mol. The molecule has 1 unspecified atom stereocenters. The van der Waals surface area contributed by atoms with Crippen molar-refractivity contribution in [2.45, 2.75) is 52.6 Å². The van der Waals surface area contributed by atoms with Crippen LogP contribution in [0.1, 0.15) is 41.8 Å². The number of rotatable bonds is 4. The van der Waals surface area contributed by atoms with Crippen LogP contribution in [0.5, 0.6) is 0 Å². The van der Waals surface area contributed by atoms with E-state index in [1.807, 2.05) is 0 Å². The Balaban J connectivity index is 0.00000208. The highest BCUT2D eigenvalue weighted by Crippen LogP contribution is 2.21. The molecular formula is C17H30IN5S. The molecule has 0 spiro atoms. The lowest BCUT2D eigenvalue weighted by atomic mass is 10.2. The van der Waals surface area contributed by atoms with E-state index in [2.05, 4.69) is 40.9 Å². The zero-order valence-electron chi connectivity index (χ0n) is 15.0. The van der Waals surface area contributed by atoms with Gasteiger partial charge in [0.15, 0.2) is 5.96 Å². The maximum atomic E-state index is 4.84. The highest BCUT2D eigenvalue weighted by atomic mass is 127. The van der Waals surface area contributed by atoms with E-state index in [4.69, 9.17) is 4.99 Å². The lowest BCUT2D eigenvalue weighted by Gasteiger charge is -2.25. The van der Waals surface area contributed by atoms with Gasteiger partial charge in [-0.15, -0.1) is 35.3 Å². The summed E-state index contributed by atoms with van der Waals surface area (Å²) in [6, 6.07) is 0.714. The fourth-order valence-corrected chi connectivity index (χ4v) is 4.37. The summed E-state index contributed by atoms with van der Waals surface area (Å²) < 4.78 is 0. The van der Waals surface area contributed by atoms with Crippen LogP contribution in [0.25, 0.3) is 0 Å². The van der Waals surface area contributed by atoms with Crippen molar-refractivity contribution in [2.24, 2.45) is 4.99 Å². The van der Waals surface area contributed by atoms with Crippen molar-refractivity contribution in [2.75, 3.05) is 32.7 Å². The van der Waals surface area contributed by atoms with Crippen LogP contribution in [0.3, 0.4) is 0 Å². The van der Waals surface area contributed by atoms with Gasteiger partial charge in [-0.3, -0.25) is 4.90 Å². The molecule has 0 aromatic carbocycles. The Morgan fingerprint density at radius 1 is 1.29 bits per heavy atom. The maximum absolute atomic E-state index is 4.84. The van der Waals surface area contributed by atoms with Crippen molar-refractivity contribution in [1.82, 2.24) is 20.1 Å². The van der Waals surface area contributed by atoms with Gasteiger partial charge in [0.25, 0.3) is 0 Å². The number of nitrogens with one attached hydrogen (secondary N) is 1. The number of aryl methyl sites for hydroxylation is 2. The Labute approximate surface area is 166 Å². The molecule has 3 heterocycles. The molecule has 2 saturated heterocycles. The molecule has 0 saturated carbocycles. The van der Waals surface area contributed by atoms with Crippen LogP contribution >= 0.6 is 35.3 Å². The Morgan fingerprint density at radius 2 is 2.04 bits per heavy atom. The van der Waals surface area contributed by atoms with Gasteiger partial charge in [-0.05, 0) is 53.1 Å². The molecule has 136 valence electrons. The second-order valence-electron chi connectivity index (χ2n) is 6.55. The Hall–Kier alpha value is -0.410. The SMILES string of the molecule is CCNC(=NCc1nc(C)c(C)s1)N1CCC(N2CCCC2)C1.I. The summed E-state index contributed by atoms with van der Waals surface area (Å²) in [4.78, 5) is 15.8. The summed E-state index contributed by atoms with van der Waals surface area (Å²) in [5.74, 6) is 1.06. The molecule has 1 atom stereocenters. The fraction of sp³-hybridized carbons (Fsp3) is 0.765. The van der Waals surface area contributed by atoms with Crippen LogP contribution in [-0.2, 0) is 6.54 Å². The van der Waals surface area contributed by atoms with Gasteiger partial charge in [-0.2, -0.15) is 0 Å². The standard InChI is InChI=1S/C17H29N5S.HI/c1-4-18-17(19-11-16-20-13(2)14(3)23-16)22-10-7-15(12-22)21-8-5-6-9-21;/h15H,4-12H2,1-3H3,(H,18,19);1H. The smallest absolute Gasteiger partial charge is 0.194 e. The van der Waals surface area contributed by atoms with E-state index in [-0.39, 0.29) is 24.0 Å². The van der Waals surface area contributed by atoms with Gasteiger partial charge in [0.2, 0.25) is 0 Å². The van der Waals surface area contributed by atoms with Gasteiger partial charge in [-0.1, -0.05) is 0 Å². The largest absolute Gasteiger partial charge is 0.357 e. The predicted octanol–water partition coefficient (Wildman–Crippen LogP) is 3.01. The Kier molecular flexibility index (Phi) is 7.74. The quantitative estimate of drug-likeness (QED) is 0.424. The first kappa shape index (κ1) is 19.9. The van der Waals surface area contributed by atoms with Crippen molar-refractivity contribution >= 4 is 41.3 Å². The molecule has 24 heavy (non-hydrogen) atoms. The molecule has 0 radical (unpaired) electrons.